The highest BCUT2D eigenvalue weighted by Gasteiger charge is 2.22. The number of aryl methyl sites for hydroxylation is 1. The monoisotopic (exact) mass is 262 g/mol. The Kier molecular flexibility index (Phi) is 3.85. The molecule has 0 saturated heterocycles. The van der Waals surface area contributed by atoms with Gasteiger partial charge in [-0.1, -0.05) is 31.1 Å². The van der Waals surface area contributed by atoms with Crippen LogP contribution >= 0.6 is 0 Å². The quantitative estimate of drug-likeness (QED) is 0.917. The van der Waals surface area contributed by atoms with Crippen LogP contribution in [0.25, 0.3) is 11.5 Å². The molecular formula is C14H18N2O3. The highest BCUT2D eigenvalue weighted by molar-refractivity contribution is 5.64. The van der Waals surface area contributed by atoms with E-state index in [9.17, 15) is 5.11 Å². The van der Waals surface area contributed by atoms with Crippen LogP contribution in [0.3, 0.4) is 0 Å². The van der Waals surface area contributed by atoms with Gasteiger partial charge in [0.15, 0.2) is 0 Å². The van der Waals surface area contributed by atoms with E-state index in [-0.39, 0.29) is 17.8 Å². The SMILES string of the molecule is COC(c1noc(-c2cccc(C)c2O)n1)C(C)C. The van der Waals surface area contributed by atoms with Gasteiger partial charge in [0, 0.05) is 7.11 Å². The van der Waals surface area contributed by atoms with Crippen molar-refractivity contribution in [3.63, 3.8) is 0 Å². The Bertz CT molecular complexity index is 564. The summed E-state index contributed by atoms with van der Waals surface area (Å²) < 4.78 is 10.6. The van der Waals surface area contributed by atoms with Gasteiger partial charge in [-0.3, -0.25) is 0 Å². The summed E-state index contributed by atoms with van der Waals surface area (Å²) in [6.07, 6.45) is -0.218. The Morgan fingerprint density at radius 2 is 2.05 bits per heavy atom. The summed E-state index contributed by atoms with van der Waals surface area (Å²) in [6.45, 7) is 5.87. The van der Waals surface area contributed by atoms with Crippen molar-refractivity contribution in [1.29, 1.82) is 0 Å². The van der Waals surface area contributed by atoms with Crippen LogP contribution in [-0.2, 0) is 4.74 Å². The van der Waals surface area contributed by atoms with Gasteiger partial charge in [0.2, 0.25) is 5.82 Å². The normalized spacial score (nSPS) is 12.9. The number of hydrogen-bond acceptors (Lipinski definition) is 5. The lowest BCUT2D eigenvalue weighted by atomic mass is 10.1. The molecule has 1 N–H and O–H groups in total. The zero-order chi connectivity index (χ0) is 14.0. The number of aromatic hydroxyl groups is 1. The fourth-order valence-corrected chi connectivity index (χ4v) is 1.97. The Hall–Kier alpha value is -1.88. The molecular weight excluding hydrogens is 244 g/mol. The van der Waals surface area contributed by atoms with Crippen LogP contribution in [0, 0.1) is 12.8 Å². The molecule has 0 spiro atoms. The summed E-state index contributed by atoms with van der Waals surface area (Å²) in [6, 6.07) is 5.41. The number of phenolic OH excluding ortho intramolecular Hbond substituents is 1. The number of aromatic nitrogens is 2. The molecule has 102 valence electrons. The largest absolute Gasteiger partial charge is 0.507 e. The van der Waals surface area contributed by atoms with Gasteiger partial charge >= 0.3 is 0 Å². The van der Waals surface area contributed by atoms with E-state index in [1.165, 1.54) is 0 Å². The smallest absolute Gasteiger partial charge is 0.261 e. The van der Waals surface area contributed by atoms with Crippen molar-refractivity contribution < 1.29 is 14.4 Å². The number of nitrogens with zero attached hydrogens (tertiary/aromatic N) is 2. The summed E-state index contributed by atoms with van der Waals surface area (Å²) in [5.41, 5.74) is 1.31. The number of para-hydroxylation sites is 1. The Labute approximate surface area is 112 Å². The van der Waals surface area contributed by atoms with E-state index in [4.69, 9.17) is 9.26 Å². The average Bonchev–Trinajstić information content (AvgIpc) is 2.82. The van der Waals surface area contributed by atoms with Crippen LogP contribution in [0.2, 0.25) is 0 Å². The summed E-state index contributed by atoms with van der Waals surface area (Å²) in [5.74, 6) is 1.20. The Balaban J connectivity index is 2.38. The lowest BCUT2D eigenvalue weighted by Crippen LogP contribution is -2.10. The van der Waals surface area contributed by atoms with E-state index < -0.39 is 0 Å². The van der Waals surface area contributed by atoms with Gasteiger partial charge in [0.25, 0.3) is 5.89 Å². The van der Waals surface area contributed by atoms with Gasteiger partial charge < -0.3 is 14.4 Å². The lowest BCUT2D eigenvalue weighted by Gasteiger charge is -2.14. The first-order valence-electron chi connectivity index (χ1n) is 6.20. The maximum atomic E-state index is 10.0. The molecule has 0 aliphatic rings. The minimum atomic E-state index is -0.218. The number of hydrogen-bond donors (Lipinski definition) is 1. The molecule has 0 bridgehead atoms. The van der Waals surface area contributed by atoms with Crippen molar-refractivity contribution in [2.75, 3.05) is 7.11 Å². The number of ether oxygens (including phenoxy) is 1. The van der Waals surface area contributed by atoms with E-state index in [1.54, 1.807) is 13.2 Å². The molecule has 0 radical (unpaired) electrons. The fraction of sp³-hybridized carbons (Fsp3) is 0.429. The molecule has 1 heterocycles. The van der Waals surface area contributed by atoms with Gasteiger partial charge in [-0.25, -0.2) is 0 Å². The standard InChI is InChI=1S/C14H18N2O3/c1-8(2)12(18-4)13-15-14(19-16-13)10-7-5-6-9(3)11(10)17/h5-8,12,17H,1-4H3. The van der Waals surface area contributed by atoms with Crippen molar-refractivity contribution >= 4 is 0 Å². The summed E-state index contributed by atoms with van der Waals surface area (Å²) in [5, 5.41) is 13.9. The number of rotatable bonds is 4. The highest BCUT2D eigenvalue weighted by atomic mass is 16.5. The number of benzene rings is 1. The second-order valence-electron chi connectivity index (χ2n) is 4.83. The van der Waals surface area contributed by atoms with E-state index in [1.807, 2.05) is 32.9 Å². The van der Waals surface area contributed by atoms with Crippen LogP contribution in [0.1, 0.15) is 31.3 Å². The molecule has 5 nitrogen and oxygen atoms in total. The number of phenols is 1. The molecule has 0 aliphatic heterocycles. The molecule has 0 fully saturated rings. The predicted octanol–water partition coefficient (Wildman–Crippen LogP) is 3.09. The van der Waals surface area contributed by atoms with Crippen molar-refractivity contribution in [3.05, 3.63) is 29.6 Å². The molecule has 0 aliphatic carbocycles. The zero-order valence-electron chi connectivity index (χ0n) is 11.5. The summed E-state index contributed by atoms with van der Waals surface area (Å²) in [7, 11) is 1.62. The molecule has 1 atom stereocenters. The Morgan fingerprint density at radius 3 is 2.68 bits per heavy atom. The molecule has 1 aromatic heterocycles. The third-order valence-corrected chi connectivity index (χ3v) is 3.02. The van der Waals surface area contributed by atoms with Crippen LogP contribution in [0.15, 0.2) is 22.7 Å². The first-order chi connectivity index (χ1) is 9.04. The minimum absolute atomic E-state index is 0.163. The van der Waals surface area contributed by atoms with E-state index in [2.05, 4.69) is 10.1 Å². The van der Waals surface area contributed by atoms with Crippen LogP contribution in [0.4, 0.5) is 0 Å². The second-order valence-corrected chi connectivity index (χ2v) is 4.83. The number of methoxy groups -OCH3 is 1. The van der Waals surface area contributed by atoms with Gasteiger partial charge in [-0.2, -0.15) is 4.98 Å². The molecule has 5 heteroatoms. The molecule has 0 saturated carbocycles. The summed E-state index contributed by atoms with van der Waals surface area (Å²) >= 11 is 0. The maximum Gasteiger partial charge on any atom is 0.261 e. The zero-order valence-corrected chi connectivity index (χ0v) is 11.5. The molecule has 19 heavy (non-hydrogen) atoms. The van der Waals surface area contributed by atoms with E-state index in [0.717, 1.165) is 5.56 Å². The first kappa shape index (κ1) is 13.5. The molecule has 1 unspecified atom stereocenters. The third kappa shape index (κ3) is 2.61. The van der Waals surface area contributed by atoms with Gasteiger partial charge in [-0.15, -0.1) is 0 Å². The lowest BCUT2D eigenvalue weighted by molar-refractivity contribution is 0.0556. The van der Waals surface area contributed by atoms with Crippen LogP contribution in [-0.4, -0.2) is 22.4 Å². The highest BCUT2D eigenvalue weighted by Crippen LogP contribution is 2.32. The fourth-order valence-electron chi connectivity index (χ4n) is 1.97. The van der Waals surface area contributed by atoms with Crippen molar-refractivity contribution in [2.45, 2.75) is 26.9 Å². The van der Waals surface area contributed by atoms with Gasteiger partial charge in [-0.05, 0) is 24.5 Å². The Morgan fingerprint density at radius 1 is 1.32 bits per heavy atom. The van der Waals surface area contributed by atoms with Crippen molar-refractivity contribution in [3.8, 4) is 17.2 Å². The van der Waals surface area contributed by atoms with Crippen LogP contribution in [0.5, 0.6) is 5.75 Å². The van der Waals surface area contributed by atoms with Crippen molar-refractivity contribution in [2.24, 2.45) is 5.92 Å². The predicted molar refractivity (Wildman–Crippen MR) is 70.7 cm³/mol. The minimum Gasteiger partial charge on any atom is -0.507 e. The topological polar surface area (TPSA) is 68.4 Å². The van der Waals surface area contributed by atoms with Gasteiger partial charge in [0.05, 0.1) is 5.56 Å². The molecule has 1 aromatic carbocycles. The second kappa shape index (κ2) is 5.40. The first-order valence-corrected chi connectivity index (χ1v) is 6.20. The maximum absolute atomic E-state index is 10.0. The van der Waals surface area contributed by atoms with E-state index >= 15 is 0 Å². The van der Waals surface area contributed by atoms with Crippen LogP contribution < -0.4 is 0 Å². The van der Waals surface area contributed by atoms with E-state index in [0.29, 0.717) is 17.3 Å². The molecule has 2 aromatic rings. The van der Waals surface area contributed by atoms with Crippen molar-refractivity contribution in [1.82, 2.24) is 10.1 Å². The summed E-state index contributed by atoms with van der Waals surface area (Å²) in [4.78, 5) is 4.31. The molecule has 0 amide bonds. The average molecular weight is 262 g/mol. The molecule has 2 rings (SSSR count). The van der Waals surface area contributed by atoms with Gasteiger partial charge in [0.1, 0.15) is 11.9 Å². The third-order valence-electron chi connectivity index (χ3n) is 3.02.